The third-order valence-electron chi connectivity index (χ3n) is 3.11. The fourth-order valence-electron chi connectivity index (χ4n) is 2.05. The lowest BCUT2D eigenvalue weighted by molar-refractivity contribution is -0.0192. The molecule has 2 rings (SSSR count). The van der Waals surface area contributed by atoms with Gasteiger partial charge in [-0.15, -0.1) is 0 Å². The van der Waals surface area contributed by atoms with Gasteiger partial charge in [-0.25, -0.2) is 0 Å². The summed E-state index contributed by atoms with van der Waals surface area (Å²) in [5.74, 6) is 1.30. The van der Waals surface area contributed by atoms with Crippen LogP contribution in [0.4, 0.5) is 11.8 Å². The lowest BCUT2D eigenvalue weighted by Crippen LogP contribution is -2.45. The van der Waals surface area contributed by atoms with Gasteiger partial charge in [-0.1, -0.05) is 6.92 Å². The number of nitrogen functional groups attached to an aromatic ring is 1. The van der Waals surface area contributed by atoms with Crippen molar-refractivity contribution < 1.29 is 9.47 Å². The number of rotatable bonds is 5. The Bertz CT molecular complexity index is 415. The predicted octanol–water partition coefficient (Wildman–Crippen LogP) is 0.200. The number of anilines is 2. The minimum Gasteiger partial charge on any atom is -0.481 e. The number of nitrogens with one attached hydrogen (secondary N) is 1. The number of morpholine rings is 1. The molecule has 7 nitrogen and oxygen atoms in total. The molecular weight excluding hydrogens is 246 g/mol. The normalized spacial score (nSPS) is 20.2. The fourth-order valence-corrected chi connectivity index (χ4v) is 2.05. The van der Waals surface area contributed by atoms with Crippen LogP contribution in [0.5, 0.6) is 5.88 Å². The zero-order valence-electron chi connectivity index (χ0n) is 11.4. The summed E-state index contributed by atoms with van der Waals surface area (Å²) in [5, 5.41) is 3.21. The SMILES string of the molecule is CCN1CCOC(CNc2cc(OC)nc(N)n2)C1. The van der Waals surface area contributed by atoms with E-state index in [0.29, 0.717) is 18.2 Å². The molecule has 1 saturated heterocycles. The Morgan fingerprint density at radius 3 is 3.16 bits per heavy atom. The number of nitrogens with zero attached hydrogens (tertiary/aromatic N) is 3. The van der Waals surface area contributed by atoms with Crippen LogP contribution in [0.1, 0.15) is 6.92 Å². The van der Waals surface area contributed by atoms with E-state index in [1.165, 1.54) is 0 Å². The van der Waals surface area contributed by atoms with E-state index >= 15 is 0 Å². The Labute approximate surface area is 113 Å². The van der Waals surface area contributed by atoms with Crippen molar-refractivity contribution in [1.82, 2.24) is 14.9 Å². The van der Waals surface area contributed by atoms with Gasteiger partial charge >= 0.3 is 0 Å². The van der Waals surface area contributed by atoms with Crippen molar-refractivity contribution in [2.75, 3.05) is 50.9 Å². The molecule has 106 valence electrons. The van der Waals surface area contributed by atoms with Crippen LogP contribution in [0, 0.1) is 0 Å². The van der Waals surface area contributed by atoms with Crippen LogP contribution in [-0.4, -0.2) is 60.9 Å². The molecule has 1 atom stereocenters. The third-order valence-corrected chi connectivity index (χ3v) is 3.11. The first-order chi connectivity index (χ1) is 9.21. The van der Waals surface area contributed by atoms with Crippen molar-refractivity contribution >= 4 is 11.8 Å². The summed E-state index contributed by atoms with van der Waals surface area (Å²) in [4.78, 5) is 10.4. The summed E-state index contributed by atoms with van der Waals surface area (Å²) in [6.07, 6.45) is 0.163. The highest BCUT2D eigenvalue weighted by Crippen LogP contribution is 2.14. The van der Waals surface area contributed by atoms with E-state index in [4.69, 9.17) is 15.2 Å². The number of ether oxygens (including phenoxy) is 2. The molecule has 0 radical (unpaired) electrons. The number of methoxy groups -OCH3 is 1. The van der Waals surface area contributed by atoms with Crippen LogP contribution in [0.25, 0.3) is 0 Å². The zero-order valence-corrected chi connectivity index (χ0v) is 11.4. The highest BCUT2D eigenvalue weighted by molar-refractivity contribution is 5.42. The van der Waals surface area contributed by atoms with E-state index in [-0.39, 0.29) is 12.1 Å². The second-order valence-electron chi connectivity index (χ2n) is 4.42. The standard InChI is InChI=1S/C12H21N5O2/c1-3-17-4-5-19-9(8-17)7-14-10-6-11(18-2)16-12(13)15-10/h6,9H,3-5,7-8H2,1-2H3,(H3,13,14,15,16). The Kier molecular flexibility index (Phi) is 4.75. The largest absolute Gasteiger partial charge is 0.481 e. The summed E-state index contributed by atoms with van der Waals surface area (Å²) in [5.41, 5.74) is 5.61. The molecule has 7 heteroatoms. The van der Waals surface area contributed by atoms with Crippen LogP contribution in [0.15, 0.2) is 6.07 Å². The Balaban J connectivity index is 1.89. The molecule has 0 spiro atoms. The van der Waals surface area contributed by atoms with Crippen molar-refractivity contribution in [3.63, 3.8) is 0 Å². The number of likely N-dealkylation sites (N-methyl/N-ethyl adjacent to an activating group) is 1. The lowest BCUT2D eigenvalue weighted by atomic mass is 10.2. The van der Waals surface area contributed by atoms with E-state index in [0.717, 1.165) is 26.2 Å². The number of hydrogen-bond acceptors (Lipinski definition) is 7. The fraction of sp³-hybridized carbons (Fsp3) is 0.667. The minimum absolute atomic E-state index is 0.163. The molecule has 0 saturated carbocycles. The van der Waals surface area contributed by atoms with Crippen LogP contribution < -0.4 is 15.8 Å². The number of hydrogen-bond donors (Lipinski definition) is 2. The minimum atomic E-state index is 0.163. The second-order valence-corrected chi connectivity index (χ2v) is 4.42. The first-order valence-corrected chi connectivity index (χ1v) is 6.47. The van der Waals surface area contributed by atoms with Gasteiger partial charge in [-0.05, 0) is 6.54 Å². The summed E-state index contributed by atoms with van der Waals surface area (Å²) in [7, 11) is 1.55. The van der Waals surface area contributed by atoms with Gasteiger partial charge in [0, 0.05) is 25.7 Å². The van der Waals surface area contributed by atoms with Gasteiger partial charge in [-0.2, -0.15) is 9.97 Å². The number of nitrogens with two attached hydrogens (primary N) is 1. The molecule has 3 N–H and O–H groups in total. The monoisotopic (exact) mass is 267 g/mol. The summed E-state index contributed by atoms with van der Waals surface area (Å²) in [6, 6.07) is 1.72. The van der Waals surface area contributed by atoms with E-state index < -0.39 is 0 Å². The molecule has 1 fully saturated rings. The van der Waals surface area contributed by atoms with Gasteiger partial charge in [0.25, 0.3) is 0 Å². The highest BCUT2D eigenvalue weighted by Gasteiger charge is 2.19. The van der Waals surface area contributed by atoms with Gasteiger partial charge in [0.1, 0.15) is 5.82 Å². The summed E-state index contributed by atoms with van der Waals surface area (Å²) >= 11 is 0. The van der Waals surface area contributed by atoms with Gasteiger partial charge in [0.05, 0.1) is 19.8 Å². The summed E-state index contributed by atoms with van der Waals surface area (Å²) < 4.78 is 10.8. The Morgan fingerprint density at radius 1 is 1.58 bits per heavy atom. The molecule has 0 aromatic carbocycles. The lowest BCUT2D eigenvalue weighted by Gasteiger charge is -2.32. The first kappa shape index (κ1) is 13.8. The maximum absolute atomic E-state index is 5.71. The third kappa shape index (κ3) is 3.93. The van der Waals surface area contributed by atoms with E-state index in [2.05, 4.69) is 27.1 Å². The average Bonchev–Trinajstić information content (AvgIpc) is 2.44. The molecule has 2 heterocycles. The Hall–Kier alpha value is -1.60. The molecular formula is C12H21N5O2. The van der Waals surface area contributed by atoms with Crippen LogP contribution in [0.2, 0.25) is 0 Å². The van der Waals surface area contributed by atoms with E-state index in [9.17, 15) is 0 Å². The maximum atomic E-state index is 5.71. The van der Waals surface area contributed by atoms with Crippen molar-refractivity contribution in [2.24, 2.45) is 0 Å². The molecule has 1 aromatic rings. The van der Waals surface area contributed by atoms with Crippen molar-refractivity contribution in [1.29, 1.82) is 0 Å². The second kappa shape index (κ2) is 6.53. The van der Waals surface area contributed by atoms with Crippen molar-refractivity contribution in [3.8, 4) is 5.88 Å². The van der Waals surface area contributed by atoms with Gasteiger partial charge in [0.15, 0.2) is 0 Å². The molecule has 1 unspecified atom stereocenters. The van der Waals surface area contributed by atoms with Gasteiger partial charge in [0.2, 0.25) is 11.8 Å². The summed E-state index contributed by atoms with van der Waals surface area (Å²) in [6.45, 7) is 6.61. The quantitative estimate of drug-likeness (QED) is 0.788. The van der Waals surface area contributed by atoms with E-state index in [1.807, 2.05) is 0 Å². The Morgan fingerprint density at radius 2 is 2.42 bits per heavy atom. The topological polar surface area (TPSA) is 85.5 Å². The maximum Gasteiger partial charge on any atom is 0.225 e. The molecule has 1 aliphatic rings. The van der Waals surface area contributed by atoms with Crippen molar-refractivity contribution in [2.45, 2.75) is 13.0 Å². The molecule has 0 bridgehead atoms. The van der Waals surface area contributed by atoms with Crippen molar-refractivity contribution in [3.05, 3.63) is 6.07 Å². The van der Waals surface area contributed by atoms with Crippen LogP contribution in [-0.2, 0) is 4.74 Å². The predicted molar refractivity (Wildman–Crippen MR) is 73.3 cm³/mol. The van der Waals surface area contributed by atoms with Gasteiger partial charge in [-0.3, -0.25) is 4.90 Å². The molecule has 19 heavy (non-hydrogen) atoms. The average molecular weight is 267 g/mol. The molecule has 1 aromatic heterocycles. The molecule has 1 aliphatic heterocycles. The molecule has 0 aliphatic carbocycles. The van der Waals surface area contributed by atoms with E-state index in [1.54, 1.807) is 13.2 Å². The first-order valence-electron chi connectivity index (χ1n) is 6.47. The van der Waals surface area contributed by atoms with Gasteiger partial charge < -0.3 is 20.5 Å². The zero-order chi connectivity index (χ0) is 13.7. The molecule has 0 amide bonds. The van der Waals surface area contributed by atoms with Crippen LogP contribution in [0.3, 0.4) is 0 Å². The van der Waals surface area contributed by atoms with Crippen LogP contribution >= 0.6 is 0 Å². The smallest absolute Gasteiger partial charge is 0.225 e. The highest BCUT2D eigenvalue weighted by atomic mass is 16.5. The number of aromatic nitrogens is 2.